The predicted molar refractivity (Wildman–Crippen MR) is 33.1 cm³/mol. The van der Waals surface area contributed by atoms with E-state index in [1.54, 1.807) is 6.92 Å². The third kappa shape index (κ3) is 2.47. The second kappa shape index (κ2) is 4.19. The first-order valence-corrected chi connectivity index (χ1v) is 2.24. The molecule has 5 nitrogen and oxygen atoms in total. The quantitative estimate of drug-likeness (QED) is 0.568. The summed E-state index contributed by atoms with van der Waals surface area (Å²) in [6, 6.07) is 0. The molecule has 1 aromatic heterocycles. The zero-order chi connectivity index (χ0) is 6.85. The molecule has 0 amide bonds. The van der Waals surface area contributed by atoms with E-state index >= 15 is 0 Å². The van der Waals surface area contributed by atoms with Crippen LogP contribution in [-0.4, -0.2) is 72.6 Å². The standard InChI is InChI=1S/C4H4N2O3.K.H/c1-2-5-3(4(7)8)9-6-2;;/h1H3,(H,7,8);;. The SMILES string of the molecule is Cc1noc(C(=O)O)n1.[KH]. The molecule has 0 aliphatic rings. The molecule has 50 valence electrons. The molecule has 0 saturated heterocycles. The molecule has 1 aromatic rings. The Morgan fingerprint density at radius 1 is 1.70 bits per heavy atom. The summed E-state index contributed by atoms with van der Waals surface area (Å²) in [6.45, 7) is 1.55. The topological polar surface area (TPSA) is 76.2 Å². The molecule has 0 radical (unpaired) electrons. The van der Waals surface area contributed by atoms with Crippen molar-refractivity contribution in [2.45, 2.75) is 6.92 Å². The number of aryl methyl sites for hydroxylation is 1. The van der Waals surface area contributed by atoms with Crippen LogP contribution in [0.4, 0.5) is 0 Å². The minimum atomic E-state index is -1.20. The van der Waals surface area contributed by atoms with Gasteiger partial charge in [0.2, 0.25) is 0 Å². The van der Waals surface area contributed by atoms with E-state index in [1.165, 1.54) is 0 Å². The van der Waals surface area contributed by atoms with Crippen LogP contribution >= 0.6 is 0 Å². The van der Waals surface area contributed by atoms with Gasteiger partial charge < -0.3 is 9.63 Å². The van der Waals surface area contributed by atoms with E-state index in [-0.39, 0.29) is 57.3 Å². The third-order valence-corrected chi connectivity index (χ3v) is 0.711. The number of hydrogen-bond acceptors (Lipinski definition) is 4. The Labute approximate surface area is 99.2 Å². The van der Waals surface area contributed by atoms with Crippen LogP contribution in [0.5, 0.6) is 0 Å². The second-order valence-corrected chi connectivity index (χ2v) is 1.45. The van der Waals surface area contributed by atoms with E-state index in [0.717, 1.165) is 0 Å². The number of carboxylic acids is 1. The molecule has 0 aliphatic heterocycles. The first kappa shape index (κ1) is 10.2. The van der Waals surface area contributed by atoms with Crippen molar-refractivity contribution in [3.8, 4) is 0 Å². The van der Waals surface area contributed by atoms with Crippen molar-refractivity contribution in [1.82, 2.24) is 10.1 Å². The number of carboxylic acid groups (broad SMARTS) is 1. The Morgan fingerprint density at radius 3 is 2.50 bits per heavy atom. The van der Waals surface area contributed by atoms with Crippen LogP contribution in [0, 0.1) is 6.92 Å². The molecule has 1 rings (SSSR count). The van der Waals surface area contributed by atoms with Crippen molar-refractivity contribution < 1.29 is 14.4 Å². The fraction of sp³-hybridized carbons (Fsp3) is 0.250. The molecule has 1 heterocycles. The van der Waals surface area contributed by atoms with Gasteiger partial charge >= 0.3 is 63.2 Å². The summed E-state index contributed by atoms with van der Waals surface area (Å²) < 4.78 is 4.27. The van der Waals surface area contributed by atoms with Gasteiger partial charge in [0.1, 0.15) is 0 Å². The van der Waals surface area contributed by atoms with Crippen molar-refractivity contribution in [1.29, 1.82) is 0 Å². The Morgan fingerprint density at radius 2 is 2.30 bits per heavy atom. The van der Waals surface area contributed by atoms with Gasteiger partial charge in [-0.15, -0.1) is 0 Å². The first-order chi connectivity index (χ1) is 4.20. The minimum absolute atomic E-state index is 0. The van der Waals surface area contributed by atoms with E-state index in [0.29, 0.717) is 5.82 Å². The van der Waals surface area contributed by atoms with E-state index in [4.69, 9.17) is 5.11 Å². The average Bonchev–Trinajstić information content (AvgIpc) is 2.14. The van der Waals surface area contributed by atoms with E-state index < -0.39 is 5.97 Å². The molecule has 0 fully saturated rings. The fourth-order valence-corrected chi connectivity index (χ4v) is 0.384. The molecular weight excluding hydrogens is 163 g/mol. The normalized spacial score (nSPS) is 8.50. The van der Waals surface area contributed by atoms with Crippen molar-refractivity contribution in [3.05, 3.63) is 11.7 Å². The molecule has 6 heteroatoms. The molecule has 0 saturated carbocycles. The number of aromatic carboxylic acids is 1. The zero-order valence-corrected chi connectivity index (χ0v) is 4.66. The maximum absolute atomic E-state index is 10.0. The van der Waals surface area contributed by atoms with Crippen LogP contribution in [0.15, 0.2) is 4.52 Å². The summed E-state index contributed by atoms with van der Waals surface area (Å²) in [4.78, 5) is 13.5. The van der Waals surface area contributed by atoms with Crippen molar-refractivity contribution >= 4 is 57.4 Å². The number of nitrogens with zero attached hydrogens (tertiary/aromatic N) is 2. The fourth-order valence-electron chi connectivity index (χ4n) is 0.384. The molecular formula is C4H5KN2O3. The monoisotopic (exact) mass is 168 g/mol. The van der Waals surface area contributed by atoms with Gasteiger partial charge in [0, 0.05) is 0 Å². The Bertz CT molecular complexity index is 234. The van der Waals surface area contributed by atoms with Crippen LogP contribution in [0.2, 0.25) is 0 Å². The van der Waals surface area contributed by atoms with Crippen LogP contribution in [0.1, 0.15) is 16.5 Å². The van der Waals surface area contributed by atoms with Gasteiger partial charge in [0.25, 0.3) is 0 Å². The van der Waals surface area contributed by atoms with Crippen LogP contribution < -0.4 is 0 Å². The number of carbonyl (C=O) groups is 1. The number of rotatable bonds is 1. The van der Waals surface area contributed by atoms with Crippen LogP contribution in [0.3, 0.4) is 0 Å². The molecule has 0 unspecified atom stereocenters. The molecule has 0 spiro atoms. The summed E-state index contributed by atoms with van der Waals surface area (Å²) >= 11 is 0. The summed E-state index contributed by atoms with van der Waals surface area (Å²) in [5.74, 6) is -1.24. The number of hydrogen-bond donors (Lipinski definition) is 1. The molecule has 0 aromatic carbocycles. The summed E-state index contributed by atoms with van der Waals surface area (Å²) in [7, 11) is 0. The van der Waals surface area contributed by atoms with Gasteiger partial charge in [-0.1, -0.05) is 5.16 Å². The van der Waals surface area contributed by atoms with Crippen molar-refractivity contribution in [2.75, 3.05) is 0 Å². The molecule has 10 heavy (non-hydrogen) atoms. The Kier molecular flexibility index (Phi) is 4.30. The van der Waals surface area contributed by atoms with E-state index in [9.17, 15) is 4.79 Å². The Hall–Kier alpha value is 0.246. The second-order valence-electron chi connectivity index (χ2n) is 1.45. The third-order valence-electron chi connectivity index (χ3n) is 0.711. The van der Waals surface area contributed by atoms with Gasteiger partial charge in [0.05, 0.1) is 0 Å². The summed E-state index contributed by atoms with van der Waals surface area (Å²) in [5.41, 5.74) is 0. The Balaban J connectivity index is 0.000000810. The van der Waals surface area contributed by atoms with E-state index in [1.807, 2.05) is 0 Å². The van der Waals surface area contributed by atoms with Crippen molar-refractivity contribution in [2.24, 2.45) is 0 Å². The molecule has 0 bridgehead atoms. The first-order valence-electron chi connectivity index (χ1n) is 2.24. The van der Waals surface area contributed by atoms with Gasteiger partial charge in [-0.25, -0.2) is 4.79 Å². The molecule has 1 N–H and O–H groups in total. The van der Waals surface area contributed by atoms with Crippen molar-refractivity contribution in [3.63, 3.8) is 0 Å². The summed E-state index contributed by atoms with van der Waals surface area (Å²) in [6.07, 6.45) is 0. The van der Waals surface area contributed by atoms with Gasteiger partial charge in [-0.2, -0.15) is 4.98 Å². The summed E-state index contributed by atoms with van der Waals surface area (Å²) in [5, 5.41) is 11.5. The zero-order valence-electron chi connectivity index (χ0n) is 4.66. The van der Waals surface area contributed by atoms with E-state index in [2.05, 4.69) is 14.7 Å². The average molecular weight is 168 g/mol. The predicted octanol–water partition coefficient (Wildman–Crippen LogP) is -0.572. The van der Waals surface area contributed by atoms with Crippen LogP contribution in [0.25, 0.3) is 0 Å². The van der Waals surface area contributed by atoms with Gasteiger partial charge in [-0.3, -0.25) is 0 Å². The van der Waals surface area contributed by atoms with Gasteiger partial charge in [-0.05, 0) is 6.92 Å². The number of aromatic nitrogens is 2. The maximum atomic E-state index is 10.0. The molecule has 0 aliphatic carbocycles. The molecule has 0 atom stereocenters. The van der Waals surface area contributed by atoms with Gasteiger partial charge in [0.15, 0.2) is 5.82 Å². The van der Waals surface area contributed by atoms with Crippen LogP contribution in [-0.2, 0) is 0 Å².